The molecule has 9 heteroatoms. The molecule has 0 N–H and O–H groups in total. The Balaban J connectivity index is 0.00000272. The van der Waals surface area contributed by atoms with Gasteiger partial charge in [0.1, 0.15) is 12.4 Å². The van der Waals surface area contributed by atoms with Gasteiger partial charge >= 0.3 is 12.0 Å². The summed E-state index contributed by atoms with van der Waals surface area (Å²) in [6.45, 7) is 2.78. The van der Waals surface area contributed by atoms with Gasteiger partial charge in [-0.2, -0.15) is 13.5 Å². The van der Waals surface area contributed by atoms with Crippen LogP contribution in [0.3, 0.4) is 0 Å². The minimum absolute atomic E-state index is 0. The Morgan fingerprint density at radius 3 is 2.48 bits per heavy atom. The topological polar surface area (TPSA) is 68.3 Å². The summed E-state index contributed by atoms with van der Waals surface area (Å²) in [6.07, 6.45) is 0. The van der Waals surface area contributed by atoms with Gasteiger partial charge in [0, 0.05) is 23.7 Å². The fourth-order valence-electron chi connectivity index (χ4n) is 3.72. The number of fused-ring (bicyclic) bond motifs is 1. The van der Waals surface area contributed by atoms with E-state index in [4.69, 9.17) is 25.8 Å². The Bertz CT molecular complexity index is 934. The van der Waals surface area contributed by atoms with Crippen LogP contribution in [-0.4, -0.2) is 61.8 Å². The molecule has 0 spiro atoms. The Morgan fingerprint density at radius 1 is 1.10 bits per heavy atom. The van der Waals surface area contributed by atoms with Crippen molar-refractivity contribution in [2.45, 2.75) is 12.6 Å². The summed E-state index contributed by atoms with van der Waals surface area (Å²) < 4.78 is 16.3. The number of esters is 1. The molecule has 2 amide bonds. The predicted octanol–water partition coefficient (Wildman–Crippen LogP) is 3.63. The van der Waals surface area contributed by atoms with Crippen LogP contribution in [0.4, 0.5) is 4.79 Å². The molecule has 0 aromatic heterocycles. The van der Waals surface area contributed by atoms with Crippen LogP contribution in [0.15, 0.2) is 42.5 Å². The van der Waals surface area contributed by atoms with Crippen LogP contribution in [0.5, 0.6) is 5.75 Å². The molecule has 2 aromatic rings. The highest BCUT2D eigenvalue weighted by Gasteiger charge is 2.33. The second kappa shape index (κ2) is 10.3. The molecule has 2 heterocycles. The Kier molecular flexibility index (Phi) is 7.69. The molecular weight excluding hydrogens is 440 g/mol. The highest BCUT2D eigenvalue weighted by molar-refractivity contribution is 7.59. The van der Waals surface area contributed by atoms with Gasteiger partial charge in [-0.3, -0.25) is 0 Å². The third kappa shape index (κ3) is 5.08. The largest absolute Gasteiger partial charge is 0.491 e. The van der Waals surface area contributed by atoms with E-state index in [9.17, 15) is 9.59 Å². The lowest BCUT2D eigenvalue weighted by Crippen LogP contribution is -2.49. The molecule has 0 saturated carbocycles. The lowest BCUT2D eigenvalue weighted by atomic mass is 10.1. The monoisotopic (exact) mass is 464 g/mol. The standard InChI is InChI=1S/C22H23ClN2O5.H2S/c1-28-21(26)16-2-3-17-13-25(22(27)24-8-10-29-11-9-24)19(14-30-20(17)12-16)15-4-6-18(23)7-5-15;/h2-7,12,19H,8-11,13-14H2,1H3;1H2/t19-;/m1./s1. The van der Waals surface area contributed by atoms with E-state index in [1.165, 1.54) is 7.11 Å². The van der Waals surface area contributed by atoms with Crippen LogP contribution in [0.2, 0.25) is 5.02 Å². The number of methoxy groups -OCH3 is 1. The molecule has 1 fully saturated rings. The first-order valence-electron chi connectivity index (χ1n) is 9.79. The third-order valence-corrected chi connectivity index (χ3v) is 5.64. The van der Waals surface area contributed by atoms with Crippen LogP contribution in [0, 0.1) is 0 Å². The van der Waals surface area contributed by atoms with Crippen molar-refractivity contribution in [1.82, 2.24) is 9.80 Å². The summed E-state index contributed by atoms with van der Waals surface area (Å²) in [5.74, 6) is 0.148. The Morgan fingerprint density at radius 2 is 1.81 bits per heavy atom. The van der Waals surface area contributed by atoms with E-state index < -0.39 is 5.97 Å². The van der Waals surface area contributed by atoms with Crippen LogP contribution in [0.25, 0.3) is 0 Å². The number of benzene rings is 2. The maximum atomic E-state index is 13.4. The minimum Gasteiger partial charge on any atom is -0.491 e. The smallest absolute Gasteiger partial charge is 0.337 e. The maximum Gasteiger partial charge on any atom is 0.337 e. The first-order valence-corrected chi connectivity index (χ1v) is 10.2. The van der Waals surface area contributed by atoms with Crippen molar-refractivity contribution >= 4 is 37.1 Å². The molecule has 0 bridgehead atoms. The second-order valence-electron chi connectivity index (χ2n) is 7.20. The zero-order valence-electron chi connectivity index (χ0n) is 17.2. The van der Waals surface area contributed by atoms with E-state index in [0.717, 1.165) is 11.1 Å². The average Bonchev–Trinajstić information content (AvgIpc) is 2.98. The van der Waals surface area contributed by atoms with E-state index in [2.05, 4.69) is 0 Å². The number of nitrogens with zero attached hydrogens (tertiary/aromatic N) is 2. The SMILES string of the molecule is COC(=O)c1ccc2c(c1)OC[C@H](c1ccc(Cl)cc1)N(C(=O)N1CCOCC1)C2.S. The van der Waals surface area contributed by atoms with Gasteiger partial charge in [-0.25, -0.2) is 9.59 Å². The summed E-state index contributed by atoms with van der Waals surface area (Å²) in [7, 11) is 1.34. The third-order valence-electron chi connectivity index (χ3n) is 5.38. The number of ether oxygens (including phenoxy) is 3. The Hall–Kier alpha value is -2.42. The number of carbonyl (C=O) groups excluding carboxylic acids is 2. The predicted molar refractivity (Wildman–Crippen MR) is 121 cm³/mol. The zero-order valence-corrected chi connectivity index (χ0v) is 18.9. The molecule has 2 aromatic carbocycles. The van der Waals surface area contributed by atoms with Crippen LogP contribution in [-0.2, 0) is 16.0 Å². The van der Waals surface area contributed by atoms with Crippen LogP contribution >= 0.6 is 25.1 Å². The molecule has 0 aliphatic carbocycles. The van der Waals surface area contributed by atoms with Crippen molar-refractivity contribution < 1.29 is 23.8 Å². The number of amides is 2. The summed E-state index contributed by atoms with van der Waals surface area (Å²) in [5.41, 5.74) is 2.18. The summed E-state index contributed by atoms with van der Waals surface area (Å²) in [5, 5.41) is 0.630. The average molecular weight is 465 g/mol. The minimum atomic E-state index is -0.429. The fraction of sp³-hybridized carbons (Fsp3) is 0.364. The fourth-order valence-corrected chi connectivity index (χ4v) is 3.84. The number of morpholine rings is 1. The molecule has 1 atom stereocenters. The van der Waals surface area contributed by atoms with Crippen molar-refractivity contribution in [3.05, 3.63) is 64.2 Å². The molecule has 166 valence electrons. The normalized spacial score (nSPS) is 18.2. The number of halogens is 1. The molecule has 4 rings (SSSR count). The molecule has 2 aliphatic rings. The van der Waals surface area contributed by atoms with E-state index in [1.54, 1.807) is 17.0 Å². The molecule has 7 nitrogen and oxygen atoms in total. The van der Waals surface area contributed by atoms with Gasteiger partial charge in [-0.1, -0.05) is 29.8 Å². The highest BCUT2D eigenvalue weighted by Crippen LogP contribution is 2.33. The molecular formula is C22H25ClN2O5S. The molecule has 2 aliphatic heterocycles. The van der Waals surface area contributed by atoms with Gasteiger partial charge in [-0.15, -0.1) is 0 Å². The van der Waals surface area contributed by atoms with Crippen molar-refractivity contribution in [2.24, 2.45) is 0 Å². The summed E-state index contributed by atoms with van der Waals surface area (Å²) in [4.78, 5) is 29.0. The van der Waals surface area contributed by atoms with E-state index >= 15 is 0 Å². The van der Waals surface area contributed by atoms with Crippen LogP contribution < -0.4 is 4.74 Å². The Labute approximate surface area is 193 Å². The number of urea groups is 1. The van der Waals surface area contributed by atoms with Gasteiger partial charge < -0.3 is 24.0 Å². The van der Waals surface area contributed by atoms with Gasteiger partial charge in [0.15, 0.2) is 0 Å². The number of carbonyl (C=O) groups is 2. The van der Waals surface area contributed by atoms with Gasteiger partial charge in [-0.05, 0) is 29.8 Å². The van der Waals surface area contributed by atoms with E-state index in [-0.39, 0.29) is 32.2 Å². The van der Waals surface area contributed by atoms with Gasteiger partial charge in [0.2, 0.25) is 0 Å². The number of hydrogen-bond donors (Lipinski definition) is 0. The maximum absolute atomic E-state index is 13.4. The van der Waals surface area contributed by atoms with Crippen molar-refractivity contribution in [1.29, 1.82) is 0 Å². The second-order valence-corrected chi connectivity index (χ2v) is 7.64. The van der Waals surface area contributed by atoms with Crippen LogP contribution in [0.1, 0.15) is 27.5 Å². The van der Waals surface area contributed by atoms with Crippen molar-refractivity contribution in [2.75, 3.05) is 40.0 Å². The van der Waals surface area contributed by atoms with E-state index in [0.29, 0.717) is 49.2 Å². The number of hydrogen-bond acceptors (Lipinski definition) is 5. The molecule has 0 unspecified atom stereocenters. The summed E-state index contributed by atoms with van der Waals surface area (Å²) >= 11 is 6.06. The first kappa shape index (κ1) is 23.2. The highest BCUT2D eigenvalue weighted by atomic mass is 35.5. The molecule has 31 heavy (non-hydrogen) atoms. The lowest BCUT2D eigenvalue weighted by molar-refractivity contribution is 0.0362. The zero-order chi connectivity index (χ0) is 21.1. The molecule has 0 radical (unpaired) electrons. The van der Waals surface area contributed by atoms with Gasteiger partial charge in [0.05, 0.1) is 38.5 Å². The van der Waals surface area contributed by atoms with Gasteiger partial charge in [0.25, 0.3) is 0 Å². The first-order chi connectivity index (χ1) is 14.6. The van der Waals surface area contributed by atoms with E-state index in [1.807, 2.05) is 35.2 Å². The quantitative estimate of drug-likeness (QED) is 0.635. The lowest BCUT2D eigenvalue weighted by Gasteiger charge is -2.36. The van der Waals surface area contributed by atoms with Crippen molar-refractivity contribution in [3.8, 4) is 5.75 Å². The summed E-state index contributed by atoms with van der Waals surface area (Å²) in [6, 6.07) is 12.2. The van der Waals surface area contributed by atoms with Crippen molar-refractivity contribution in [3.63, 3.8) is 0 Å². The number of rotatable bonds is 2. The molecule has 1 saturated heterocycles.